The summed E-state index contributed by atoms with van der Waals surface area (Å²) in [4.78, 5) is 7.58. The van der Waals surface area contributed by atoms with Crippen molar-refractivity contribution in [3.63, 3.8) is 0 Å². The van der Waals surface area contributed by atoms with Crippen molar-refractivity contribution >= 4 is 120 Å². The van der Waals surface area contributed by atoms with Crippen molar-refractivity contribution in [3.05, 3.63) is 265 Å². The van der Waals surface area contributed by atoms with E-state index in [1.165, 1.54) is 106 Å². The lowest BCUT2D eigenvalue weighted by atomic mass is 9.66. The number of nitrogens with zero attached hydrogens (tertiary/aromatic N) is 2. The molecule has 1 aliphatic carbocycles. The topological polar surface area (TPSA) is 6.48 Å². The summed E-state index contributed by atoms with van der Waals surface area (Å²) in [5, 5.41) is 7.62. The Balaban J connectivity index is 1.04. The minimum absolute atomic E-state index is 0.652. The van der Waals surface area contributed by atoms with E-state index in [4.69, 9.17) is 0 Å². The lowest BCUT2D eigenvalue weighted by Crippen LogP contribution is -2.34. The average Bonchev–Trinajstić information content (AvgIpc) is 4.09. The van der Waals surface area contributed by atoms with Gasteiger partial charge in [0.15, 0.2) is 0 Å². The average molecular weight is 945 g/mol. The molecule has 70 heavy (non-hydrogen) atoms. The number of benzene rings is 11. The first kappa shape index (κ1) is 40.0. The number of hydrogen-bond acceptors (Lipinski definition) is 5. The molecular formula is C65H40N2S3. The van der Waals surface area contributed by atoms with Crippen LogP contribution < -0.4 is 9.80 Å². The summed E-state index contributed by atoms with van der Waals surface area (Å²) in [7, 11) is 0. The SMILES string of the molecule is c1ccc(N(c2ccc3sc4ccccc4c3c2)c2cccc3c2C2(c4ccccc4-c4ccccc42)c2ccc4sc5cccc(N(c6ccccc6)c6ccc7ccccc7c6)c5c4c2S3)cc1. The summed E-state index contributed by atoms with van der Waals surface area (Å²) in [6.45, 7) is 0. The van der Waals surface area contributed by atoms with Crippen LogP contribution in [0.3, 0.4) is 0 Å². The van der Waals surface area contributed by atoms with E-state index in [9.17, 15) is 0 Å². The van der Waals surface area contributed by atoms with Gasteiger partial charge in [0.25, 0.3) is 0 Å². The van der Waals surface area contributed by atoms with Crippen LogP contribution in [0.25, 0.3) is 62.2 Å². The van der Waals surface area contributed by atoms with Crippen molar-refractivity contribution in [2.45, 2.75) is 15.2 Å². The quantitative estimate of drug-likeness (QED) is 0.164. The zero-order valence-electron chi connectivity index (χ0n) is 37.7. The molecule has 0 N–H and O–H groups in total. The molecule has 0 atom stereocenters. The number of anilines is 6. The third-order valence-electron chi connectivity index (χ3n) is 14.7. The van der Waals surface area contributed by atoms with E-state index in [1.807, 2.05) is 34.4 Å². The molecule has 0 radical (unpaired) electrons. The van der Waals surface area contributed by atoms with Gasteiger partial charge in [-0.05, 0) is 130 Å². The minimum atomic E-state index is -0.652. The molecule has 0 bridgehead atoms. The zero-order valence-corrected chi connectivity index (χ0v) is 40.2. The highest BCUT2D eigenvalue weighted by Crippen LogP contribution is 2.66. The van der Waals surface area contributed by atoms with E-state index in [0.717, 1.165) is 22.7 Å². The Bertz CT molecular complexity index is 4200. The summed E-state index contributed by atoms with van der Waals surface area (Å²) in [5.41, 5.74) is 14.1. The van der Waals surface area contributed by atoms with Gasteiger partial charge in [0, 0.05) is 78.4 Å². The van der Waals surface area contributed by atoms with Crippen LogP contribution in [0.4, 0.5) is 34.1 Å². The minimum Gasteiger partial charge on any atom is -0.310 e. The number of para-hydroxylation sites is 2. The van der Waals surface area contributed by atoms with Crippen LogP contribution in [0.15, 0.2) is 252 Å². The highest BCUT2D eigenvalue weighted by molar-refractivity contribution is 7.99. The third-order valence-corrected chi connectivity index (χ3v) is 18.1. The van der Waals surface area contributed by atoms with Crippen molar-refractivity contribution < 1.29 is 0 Å². The van der Waals surface area contributed by atoms with Gasteiger partial charge in [0.2, 0.25) is 0 Å². The highest BCUT2D eigenvalue weighted by atomic mass is 32.2. The Morgan fingerprint density at radius 2 is 0.886 bits per heavy atom. The van der Waals surface area contributed by atoms with Crippen molar-refractivity contribution in [1.29, 1.82) is 0 Å². The van der Waals surface area contributed by atoms with Crippen LogP contribution in [-0.2, 0) is 5.41 Å². The molecule has 328 valence electrons. The predicted octanol–water partition coefficient (Wildman–Crippen LogP) is 19.3. The molecule has 11 aromatic carbocycles. The normalized spacial score (nSPS) is 13.2. The van der Waals surface area contributed by atoms with Crippen molar-refractivity contribution in [1.82, 2.24) is 0 Å². The zero-order chi connectivity index (χ0) is 45.9. The van der Waals surface area contributed by atoms with Gasteiger partial charge >= 0.3 is 0 Å². The number of rotatable bonds is 6. The molecule has 1 aliphatic heterocycles. The van der Waals surface area contributed by atoms with Crippen LogP contribution in [-0.4, -0.2) is 0 Å². The first-order valence-corrected chi connectivity index (χ1v) is 26.3. The van der Waals surface area contributed by atoms with Crippen LogP contribution >= 0.6 is 34.4 Å². The van der Waals surface area contributed by atoms with Gasteiger partial charge in [-0.15, -0.1) is 22.7 Å². The maximum Gasteiger partial charge on any atom is 0.0756 e. The molecule has 2 aromatic heterocycles. The van der Waals surface area contributed by atoms with Crippen LogP contribution in [0, 0.1) is 0 Å². The first-order chi connectivity index (χ1) is 34.7. The number of thiophene rings is 2. The van der Waals surface area contributed by atoms with Gasteiger partial charge in [0.05, 0.1) is 16.8 Å². The van der Waals surface area contributed by atoms with Gasteiger partial charge in [0.1, 0.15) is 0 Å². The Labute approximate surface area is 418 Å². The second-order valence-corrected chi connectivity index (χ2v) is 21.5. The van der Waals surface area contributed by atoms with E-state index in [-0.39, 0.29) is 0 Å². The van der Waals surface area contributed by atoms with Gasteiger partial charge in [-0.3, -0.25) is 0 Å². The van der Waals surface area contributed by atoms with E-state index >= 15 is 0 Å². The molecule has 5 heteroatoms. The summed E-state index contributed by atoms with van der Waals surface area (Å²) < 4.78 is 5.17. The van der Waals surface area contributed by atoms with Crippen molar-refractivity contribution in [2.24, 2.45) is 0 Å². The molecular weight excluding hydrogens is 905 g/mol. The number of fused-ring (bicyclic) bond motifs is 17. The second-order valence-electron chi connectivity index (χ2n) is 18.3. The molecule has 0 saturated carbocycles. The molecule has 0 fully saturated rings. The first-order valence-electron chi connectivity index (χ1n) is 23.8. The maximum atomic E-state index is 2.53. The second kappa shape index (κ2) is 15.5. The van der Waals surface area contributed by atoms with Crippen molar-refractivity contribution in [2.75, 3.05) is 9.80 Å². The maximum absolute atomic E-state index is 2.53. The molecule has 2 nitrogen and oxygen atoms in total. The molecule has 3 heterocycles. The summed E-state index contributed by atoms with van der Waals surface area (Å²) in [5.74, 6) is 0. The van der Waals surface area contributed by atoms with Gasteiger partial charge in [-0.2, -0.15) is 0 Å². The Kier molecular flexibility index (Phi) is 8.88. The standard InChI is InChI=1S/C65H40N2S3/c1-3-19-43(20-4-1)66(45-34-33-41-17-7-8-18-42(41)39-45)54-28-15-31-58-61(54)62-59(69-58)38-36-53-64(62)70-60-32-16-29-55(63(60)65(53)51-26-12-9-23-47(51)48-24-10-13-27-52(48)65)67(44-21-5-2-6-22-44)46-35-37-57-50(40-46)49-25-11-14-30-56(49)68-57/h1-40H. The molecule has 2 aliphatic rings. The lowest BCUT2D eigenvalue weighted by Gasteiger charge is -2.43. The molecule has 15 rings (SSSR count). The van der Waals surface area contributed by atoms with E-state index in [0.29, 0.717) is 0 Å². The predicted molar refractivity (Wildman–Crippen MR) is 301 cm³/mol. The summed E-state index contributed by atoms with van der Waals surface area (Å²) >= 11 is 5.71. The monoisotopic (exact) mass is 944 g/mol. The highest BCUT2D eigenvalue weighted by Gasteiger charge is 2.52. The Hall–Kier alpha value is -7.93. The molecule has 0 saturated heterocycles. The number of hydrogen-bond donors (Lipinski definition) is 0. The fraction of sp³-hybridized carbons (Fsp3) is 0.0154. The summed E-state index contributed by atoms with van der Waals surface area (Å²) in [6, 6.07) is 90.6. The van der Waals surface area contributed by atoms with E-state index in [1.54, 1.807) is 0 Å². The van der Waals surface area contributed by atoms with Crippen molar-refractivity contribution in [3.8, 4) is 11.1 Å². The molecule has 0 amide bonds. The fourth-order valence-corrected chi connectivity index (χ4v) is 15.5. The van der Waals surface area contributed by atoms with Gasteiger partial charge < -0.3 is 9.80 Å². The van der Waals surface area contributed by atoms with Crippen LogP contribution in [0.1, 0.15) is 22.3 Å². The van der Waals surface area contributed by atoms with Gasteiger partial charge in [-0.1, -0.05) is 163 Å². The Morgan fingerprint density at radius 3 is 1.67 bits per heavy atom. The molecule has 0 unspecified atom stereocenters. The van der Waals surface area contributed by atoms with Gasteiger partial charge in [-0.25, -0.2) is 0 Å². The lowest BCUT2D eigenvalue weighted by molar-refractivity contribution is 0.726. The summed E-state index contributed by atoms with van der Waals surface area (Å²) in [6.07, 6.45) is 0. The van der Waals surface area contributed by atoms with E-state index < -0.39 is 5.41 Å². The smallest absolute Gasteiger partial charge is 0.0756 e. The van der Waals surface area contributed by atoms with Crippen LogP contribution in [0.5, 0.6) is 0 Å². The fourth-order valence-electron chi connectivity index (χ4n) is 11.8. The van der Waals surface area contributed by atoms with Crippen LogP contribution in [0.2, 0.25) is 0 Å². The Morgan fingerprint density at radius 1 is 0.329 bits per heavy atom. The molecule has 1 spiro atoms. The molecule has 13 aromatic rings. The largest absolute Gasteiger partial charge is 0.310 e. The third kappa shape index (κ3) is 5.74. The van der Waals surface area contributed by atoms with E-state index in [2.05, 4.69) is 252 Å².